The lowest BCUT2D eigenvalue weighted by molar-refractivity contribution is 0.193. The summed E-state index contributed by atoms with van der Waals surface area (Å²) in [5.74, 6) is 1.76. The number of rotatable bonds is 3. The van der Waals surface area contributed by atoms with Gasteiger partial charge in [0.05, 0.1) is 6.61 Å². The Bertz CT molecular complexity index is 422. The molecule has 1 aromatic heterocycles. The van der Waals surface area contributed by atoms with Crippen LogP contribution in [0.2, 0.25) is 5.02 Å². The minimum absolute atomic E-state index is 0.258. The lowest BCUT2D eigenvalue weighted by Crippen LogP contribution is -2.21. The first-order valence-corrected chi connectivity index (χ1v) is 6.10. The van der Waals surface area contributed by atoms with Gasteiger partial charge >= 0.3 is 0 Å². The number of aromatic nitrogens is 2. The zero-order valence-electron chi connectivity index (χ0n) is 9.77. The van der Waals surface area contributed by atoms with Crippen LogP contribution in [0.1, 0.15) is 19.8 Å². The van der Waals surface area contributed by atoms with Crippen LogP contribution >= 0.6 is 11.6 Å². The van der Waals surface area contributed by atoms with Gasteiger partial charge in [0, 0.05) is 0 Å². The van der Waals surface area contributed by atoms with Gasteiger partial charge in [-0.15, -0.1) is 0 Å². The molecular formula is C12H16ClN3O. The van der Waals surface area contributed by atoms with Gasteiger partial charge in [-0.2, -0.15) is 0 Å². The highest BCUT2D eigenvalue weighted by Crippen LogP contribution is 2.29. The van der Waals surface area contributed by atoms with Crippen LogP contribution in [0.4, 0.5) is 5.82 Å². The Morgan fingerprint density at radius 3 is 2.94 bits per heavy atom. The second kappa shape index (κ2) is 5.36. The van der Waals surface area contributed by atoms with Crippen molar-refractivity contribution in [1.29, 1.82) is 0 Å². The molecule has 0 saturated heterocycles. The monoisotopic (exact) mass is 253 g/mol. The molecule has 0 aromatic carbocycles. The standard InChI is InChI=1S/C12H16ClN3O/c1-8-4-2-3-5-9(8)6-17-12-10(13)11(14)15-7-16-12/h2-3,7-9H,4-6H2,1H3,(H2,14,15,16). The van der Waals surface area contributed by atoms with E-state index in [0.717, 1.165) is 12.8 Å². The molecule has 0 amide bonds. The van der Waals surface area contributed by atoms with Gasteiger partial charge in [0.2, 0.25) is 5.88 Å². The van der Waals surface area contributed by atoms with Crippen molar-refractivity contribution >= 4 is 17.4 Å². The topological polar surface area (TPSA) is 61.0 Å². The maximum Gasteiger partial charge on any atom is 0.237 e. The first-order chi connectivity index (χ1) is 8.18. The van der Waals surface area contributed by atoms with Crippen LogP contribution in [0.15, 0.2) is 18.5 Å². The van der Waals surface area contributed by atoms with Crippen LogP contribution < -0.4 is 10.5 Å². The minimum atomic E-state index is 0.258. The average molecular weight is 254 g/mol. The van der Waals surface area contributed by atoms with Crippen molar-refractivity contribution in [1.82, 2.24) is 9.97 Å². The number of nitrogens with zero attached hydrogens (tertiary/aromatic N) is 2. The second-order valence-corrected chi connectivity index (χ2v) is 4.75. The van der Waals surface area contributed by atoms with Crippen molar-refractivity contribution in [3.63, 3.8) is 0 Å². The fraction of sp³-hybridized carbons (Fsp3) is 0.500. The molecule has 2 atom stereocenters. The lowest BCUT2D eigenvalue weighted by atomic mass is 9.85. The van der Waals surface area contributed by atoms with E-state index >= 15 is 0 Å². The highest BCUT2D eigenvalue weighted by Gasteiger charge is 2.20. The first kappa shape index (κ1) is 12.2. The number of nitrogens with two attached hydrogens (primary N) is 1. The zero-order valence-corrected chi connectivity index (χ0v) is 10.5. The van der Waals surface area contributed by atoms with Crippen molar-refractivity contribution in [3.05, 3.63) is 23.5 Å². The Labute approximate surface area is 106 Å². The van der Waals surface area contributed by atoms with Crippen molar-refractivity contribution in [3.8, 4) is 5.88 Å². The molecule has 1 heterocycles. The molecule has 2 unspecified atom stereocenters. The fourth-order valence-corrected chi connectivity index (χ4v) is 2.04. The maximum atomic E-state index is 5.96. The minimum Gasteiger partial charge on any atom is -0.476 e. The summed E-state index contributed by atoms with van der Waals surface area (Å²) in [7, 11) is 0. The van der Waals surface area contributed by atoms with E-state index in [0.29, 0.717) is 29.3 Å². The number of nitrogen functional groups attached to an aromatic ring is 1. The Kier molecular flexibility index (Phi) is 3.84. The van der Waals surface area contributed by atoms with Gasteiger partial charge in [-0.1, -0.05) is 30.7 Å². The van der Waals surface area contributed by atoms with Gasteiger partial charge in [-0.25, -0.2) is 9.97 Å². The number of hydrogen-bond acceptors (Lipinski definition) is 4. The highest BCUT2D eigenvalue weighted by atomic mass is 35.5. The summed E-state index contributed by atoms with van der Waals surface area (Å²) in [6.45, 7) is 2.84. The van der Waals surface area contributed by atoms with Gasteiger partial charge in [0.15, 0.2) is 0 Å². The third-order valence-electron chi connectivity index (χ3n) is 3.14. The van der Waals surface area contributed by atoms with E-state index in [2.05, 4.69) is 29.0 Å². The molecule has 0 spiro atoms. The third-order valence-corrected chi connectivity index (χ3v) is 3.49. The summed E-state index contributed by atoms with van der Waals surface area (Å²) in [5.41, 5.74) is 5.58. The molecule has 5 heteroatoms. The smallest absolute Gasteiger partial charge is 0.237 e. The zero-order chi connectivity index (χ0) is 12.3. The van der Waals surface area contributed by atoms with Crippen LogP contribution in [0.3, 0.4) is 0 Å². The Hall–Kier alpha value is -1.29. The summed E-state index contributed by atoms with van der Waals surface area (Å²) >= 11 is 5.96. The number of allylic oxidation sites excluding steroid dienone is 2. The van der Waals surface area contributed by atoms with Crippen molar-refractivity contribution in [2.24, 2.45) is 11.8 Å². The molecule has 0 fully saturated rings. The molecule has 0 bridgehead atoms. The van der Waals surface area contributed by atoms with Gasteiger partial charge in [0.1, 0.15) is 17.2 Å². The second-order valence-electron chi connectivity index (χ2n) is 4.37. The number of hydrogen-bond donors (Lipinski definition) is 1. The van der Waals surface area contributed by atoms with E-state index in [1.54, 1.807) is 0 Å². The van der Waals surface area contributed by atoms with Crippen molar-refractivity contribution < 1.29 is 4.74 Å². The van der Waals surface area contributed by atoms with E-state index < -0.39 is 0 Å². The van der Waals surface area contributed by atoms with Crippen molar-refractivity contribution in [2.45, 2.75) is 19.8 Å². The molecule has 1 aliphatic rings. The highest BCUT2D eigenvalue weighted by molar-refractivity contribution is 6.33. The first-order valence-electron chi connectivity index (χ1n) is 5.72. The van der Waals surface area contributed by atoms with E-state index in [1.807, 2.05) is 0 Å². The van der Waals surface area contributed by atoms with Crippen LogP contribution in [-0.4, -0.2) is 16.6 Å². The molecule has 1 aromatic rings. The van der Waals surface area contributed by atoms with Gasteiger partial charge in [-0.05, 0) is 24.7 Å². The van der Waals surface area contributed by atoms with Crippen LogP contribution in [0.25, 0.3) is 0 Å². The van der Waals surface area contributed by atoms with E-state index in [-0.39, 0.29) is 5.82 Å². The van der Waals surface area contributed by atoms with E-state index in [4.69, 9.17) is 22.1 Å². The van der Waals surface area contributed by atoms with E-state index in [9.17, 15) is 0 Å². The molecule has 17 heavy (non-hydrogen) atoms. The number of halogens is 1. The average Bonchev–Trinajstić information content (AvgIpc) is 2.33. The predicted octanol–water partition coefficient (Wildman–Crippen LogP) is 2.69. The summed E-state index contributed by atoms with van der Waals surface area (Å²) in [6, 6.07) is 0. The maximum absolute atomic E-state index is 5.96. The summed E-state index contributed by atoms with van der Waals surface area (Å²) in [5, 5.41) is 0.298. The Morgan fingerprint density at radius 2 is 2.18 bits per heavy atom. The fourth-order valence-electron chi connectivity index (χ4n) is 1.89. The summed E-state index contributed by atoms with van der Waals surface area (Å²) < 4.78 is 5.63. The van der Waals surface area contributed by atoms with E-state index in [1.165, 1.54) is 6.33 Å². The third kappa shape index (κ3) is 2.88. The van der Waals surface area contributed by atoms with Gasteiger partial charge in [0.25, 0.3) is 0 Å². The molecule has 4 nitrogen and oxygen atoms in total. The molecule has 0 saturated carbocycles. The largest absolute Gasteiger partial charge is 0.476 e. The van der Waals surface area contributed by atoms with Crippen LogP contribution in [0, 0.1) is 11.8 Å². The Morgan fingerprint density at radius 1 is 1.41 bits per heavy atom. The van der Waals surface area contributed by atoms with Gasteiger partial charge < -0.3 is 10.5 Å². The summed E-state index contributed by atoms with van der Waals surface area (Å²) in [6.07, 6.45) is 7.93. The molecular weight excluding hydrogens is 238 g/mol. The Balaban J connectivity index is 1.98. The molecule has 92 valence electrons. The SMILES string of the molecule is CC1CC=CCC1COc1ncnc(N)c1Cl. The normalized spacial score (nSPS) is 23.6. The van der Waals surface area contributed by atoms with Crippen LogP contribution in [-0.2, 0) is 0 Å². The predicted molar refractivity (Wildman–Crippen MR) is 68.0 cm³/mol. The molecule has 2 N–H and O–H groups in total. The molecule has 0 aliphatic heterocycles. The quantitative estimate of drug-likeness (QED) is 0.842. The molecule has 0 radical (unpaired) electrons. The summed E-state index contributed by atoms with van der Waals surface area (Å²) in [4.78, 5) is 7.78. The molecule has 1 aliphatic carbocycles. The number of ether oxygens (including phenoxy) is 1. The van der Waals surface area contributed by atoms with Crippen LogP contribution in [0.5, 0.6) is 5.88 Å². The van der Waals surface area contributed by atoms with Crippen molar-refractivity contribution in [2.75, 3.05) is 12.3 Å². The lowest BCUT2D eigenvalue weighted by Gasteiger charge is -2.25. The number of anilines is 1. The van der Waals surface area contributed by atoms with Gasteiger partial charge in [-0.3, -0.25) is 0 Å². The molecule has 2 rings (SSSR count).